The van der Waals surface area contributed by atoms with E-state index in [2.05, 4.69) is 6.92 Å². The number of likely N-dealkylation sites (N-methyl/N-ethyl adjacent to an activating group) is 2. The standard InChI is InChI=1S/C20H30N3O5.CH3.U/c1-7-21(2)18(24)15-12-16(19(25)22(3)8-10-27-5)14-17(13-15)20(26)23(4)9-11-28-6;;/h12-14H,1,7-11H2,2-6H3;1H3;/q2*-1;+2. The summed E-state index contributed by atoms with van der Waals surface area (Å²) in [5.41, 5.74) is 0.802. The van der Waals surface area contributed by atoms with Crippen molar-refractivity contribution < 1.29 is 55.0 Å². The van der Waals surface area contributed by atoms with E-state index in [9.17, 15) is 14.4 Å². The van der Waals surface area contributed by atoms with Crippen LogP contribution in [-0.2, 0) is 9.47 Å². The number of hydrogen-bond acceptors (Lipinski definition) is 5. The average molecular weight is 646 g/mol. The van der Waals surface area contributed by atoms with Crippen LogP contribution in [0.25, 0.3) is 0 Å². The molecule has 1 rings (SSSR count). The minimum absolute atomic E-state index is 0. The van der Waals surface area contributed by atoms with Crippen LogP contribution in [0, 0.1) is 45.5 Å². The van der Waals surface area contributed by atoms with Gasteiger partial charge in [-0.2, -0.15) is 0 Å². The van der Waals surface area contributed by atoms with Gasteiger partial charge in [0.2, 0.25) is 0 Å². The van der Waals surface area contributed by atoms with Crippen molar-refractivity contribution in [2.45, 2.75) is 0 Å². The second kappa shape index (κ2) is 15.4. The molecule has 0 aromatic heterocycles. The molecule has 1 aromatic carbocycles. The fourth-order valence-electron chi connectivity index (χ4n) is 2.42. The van der Waals surface area contributed by atoms with Gasteiger partial charge in [0.1, 0.15) is 0 Å². The van der Waals surface area contributed by atoms with Crippen LogP contribution in [-0.4, -0.2) is 101 Å². The molecule has 0 fully saturated rings. The Bertz CT molecular complexity index is 655. The molecule has 0 spiro atoms. The molecular weight excluding hydrogens is 612 g/mol. The smallest absolute Gasteiger partial charge is 0.383 e. The van der Waals surface area contributed by atoms with E-state index in [1.165, 1.54) is 32.9 Å². The van der Waals surface area contributed by atoms with Gasteiger partial charge in [0, 0.05) is 65.1 Å². The fourth-order valence-corrected chi connectivity index (χ4v) is 2.42. The van der Waals surface area contributed by atoms with Crippen molar-refractivity contribution in [3.63, 3.8) is 0 Å². The van der Waals surface area contributed by atoms with Gasteiger partial charge < -0.3 is 38.5 Å². The molecule has 30 heavy (non-hydrogen) atoms. The van der Waals surface area contributed by atoms with Crippen LogP contribution < -0.4 is 0 Å². The van der Waals surface area contributed by atoms with E-state index in [1.54, 1.807) is 35.4 Å². The normalized spacial score (nSPS) is 9.80. The van der Waals surface area contributed by atoms with Crippen LogP contribution in [0.15, 0.2) is 18.2 Å². The van der Waals surface area contributed by atoms with Gasteiger partial charge in [-0.15, -0.1) is 6.54 Å². The summed E-state index contributed by atoms with van der Waals surface area (Å²) in [5, 5.41) is 0. The maximum atomic E-state index is 12.8. The van der Waals surface area contributed by atoms with E-state index in [0.29, 0.717) is 26.3 Å². The maximum absolute atomic E-state index is 12.8. The molecular formula is C21H33N3O5U. The van der Waals surface area contributed by atoms with Crippen molar-refractivity contribution in [2.24, 2.45) is 0 Å². The number of rotatable bonds is 10. The van der Waals surface area contributed by atoms with Gasteiger partial charge >= 0.3 is 31.1 Å². The van der Waals surface area contributed by atoms with E-state index in [4.69, 9.17) is 9.47 Å². The molecule has 0 radical (unpaired) electrons. The molecule has 3 amide bonds. The Kier molecular flexibility index (Phi) is 15.8. The number of nitrogens with zero attached hydrogens (tertiary/aromatic N) is 3. The van der Waals surface area contributed by atoms with E-state index < -0.39 is 0 Å². The third-order valence-electron chi connectivity index (χ3n) is 4.31. The Morgan fingerprint density at radius 2 is 1.07 bits per heavy atom. The average Bonchev–Trinajstić information content (AvgIpc) is 2.72. The zero-order valence-electron chi connectivity index (χ0n) is 18.9. The summed E-state index contributed by atoms with van der Waals surface area (Å²) in [6.07, 6.45) is 0. The van der Waals surface area contributed by atoms with Crippen LogP contribution in [0.4, 0.5) is 0 Å². The Morgan fingerprint density at radius 3 is 1.33 bits per heavy atom. The Labute approximate surface area is 204 Å². The largest absolute Gasteiger partial charge is 2.00 e. The molecule has 0 saturated carbocycles. The molecule has 0 N–H and O–H groups in total. The maximum Gasteiger partial charge on any atom is 2.00 e. The summed E-state index contributed by atoms with van der Waals surface area (Å²) in [4.78, 5) is 42.5. The Morgan fingerprint density at radius 1 is 0.767 bits per heavy atom. The molecule has 9 heteroatoms. The third kappa shape index (κ3) is 8.76. The van der Waals surface area contributed by atoms with Crippen LogP contribution in [0.1, 0.15) is 31.1 Å². The number of carbonyl (C=O) groups is 3. The molecule has 0 aliphatic carbocycles. The van der Waals surface area contributed by atoms with Crippen molar-refractivity contribution >= 4 is 17.7 Å². The number of amides is 3. The molecule has 0 saturated heterocycles. The summed E-state index contributed by atoms with van der Waals surface area (Å²) in [6, 6.07) is 4.52. The zero-order chi connectivity index (χ0) is 21.3. The molecule has 1 aromatic rings. The molecule has 0 unspecified atom stereocenters. The number of hydrogen-bond donors (Lipinski definition) is 0. The number of methoxy groups -OCH3 is 2. The summed E-state index contributed by atoms with van der Waals surface area (Å²) < 4.78 is 10.0. The first kappa shape index (κ1) is 30.8. The molecule has 0 bridgehead atoms. The first-order chi connectivity index (χ1) is 13.3. The number of benzene rings is 1. The molecule has 0 aliphatic rings. The minimum atomic E-state index is -0.308. The van der Waals surface area contributed by atoms with E-state index >= 15 is 0 Å². The zero-order valence-corrected chi connectivity index (χ0v) is 23.0. The second-order valence-electron chi connectivity index (χ2n) is 6.46. The van der Waals surface area contributed by atoms with Crippen molar-refractivity contribution in [1.29, 1.82) is 0 Å². The molecule has 0 atom stereocenters. The van der Waals surface area contributed by atoms with Crippen LogP contribution in [0.2, 0.25) is 0 Å². The van der Waals surface area contributed by atoms with Gasteiger partial charge in [0.25, 0.3) is 17.7 Å². The van der Waals surface area contributed by atoms with Gasteiger partial charge in [-0.1, -0.05) is 0 Å². The van der Waals surface area contributed by atoms with Gasteiger partial charge in [-0.3, -0.25) is 14.4 Å². The van der Waals surface area contributed by atoms with Crippen LogP contribution in [0.5, 0.6) is 0 Å². The fraction of sp³-hybridized carbons (Fsp3) is 0.476. The summed E-state index contributed by atoms with van der Waals surface area (Å²) >= 11 is 0. The molecule has 0 heterocycles. The first-order valence-electron chi connectivity index (χ1n) is 8.95. The van der Waals surface area contributed by atoms with Crippen molar-refractivity contribution in [3.8, 4) is 0 Å². The van der Waals surface area contributed by atoms with E-state index in [-0.39, 0.29) is 79.5 Å². The first-order valence-corrected chi connectivity index (χ1v) is 8.95. The van der Waals surface area contributed by atoms with Crippen LogP contribution in [0.3, 0.4) is 0 Å². The van der Waals surface area contributed by atoms with E-state index in [0.717, 1.165) is 0 Å². The minimum Gasteiger partial charge on any atom is -0.383 e. The Balaban J connectivity index is 0. The van der Waals surface area contributed by atoms with Crippen molar-refractivity contribution in [1.82, 2.24) is 14.7 Å². The molecule has 8 nitrogen and oxygen atoms in total. The topological polar surface area (TPSA) is 79.4 Å². The summed E-state index contributed by atoms with van der Waals surface area (Å²) in [6.45, 7) is 5.52. The molecule has 0 aliphatic heterocycles. The van der Waals surface area contributed by atoms with Gasteiger partial charge in [-0.05, 0) is 18.2 Å². The van der Waals surface area contributed by atoms with Gasteiger partial charge in [-0.25, -0.2) is 0 Å². The second-order valence-corrected chi connectivity index (χ2v) is 6.46. The number of ether oxygens (including phenoxy) is 2. The van der Waals surface area contributed by atoms with Crippen molar-refractivity contribution in [3.05, 3.63) is 49.2 Å². The SMILES string of the molecule is [CH2-]CN(C)C(=O)c1cc(C(=O)N(C)CCOC)cc(C(=O)N(C)CCOC)c1.[CH3-].[U+2]. The van der Waals surface area contributed by atoms with Gasteiger partial charge in [0.05, 0.1) is 13.2 Å². The third-order valence-corrected chi connectivity index (χ3v) is 4.31. The predicted octanol–water partition coefficient (Wildman–Crippen LogP) is 1.48. The summed E-state index contributed by atoms with van der Waals surface area (Å²) in [7, 11) is 8.01. The predicted molar refractivity (Wildman–Crippen MR) is 113 cm³/mol. The summed E-state index contributed by atoms with van der Waals surface area (Å²) in [5.74, 6) is -0.895. The monoisotopic (exact) mass is 645 g/mol. The number of carbonyl (C=O) groups excluding carboxylic acids is 3. The molecule has 166 valence electrons. The van der Waals surface area contributed by atoms with Crippen LogP contribution >= 0.6 is 0 Å². The van der Waals surface area contributed by atoms with E-state index in [1.807, 2.05) is 0 Å². The van der Waals surface area contributed by atoms with Gasteiger partial charge in [0.15, 0.2) is 0 Å². The van der Waals surface area contributed by atoms with Crippen molar-refractivity contribution in [2.75, 3.05) is 68.2 Å². The Hall–Kier alpha value is -1.40. The quantitative estimate of drug-likeness (QED) is 0.361.